The van der Waals surface area contributed by atoms with Crippen LogP contribution in [0.2, 0.25) is 0 Å². The summed E-state index contributed by atoms with van der Waals surface area (Å²) < 4.78 is 3.59. The molecule has 2 saturated heterocycles. The molecule has 2 aliphatic rings. The van der Waals surface area contributed by atoms with E-state index in [0.717, 1.165) is 0 Å². The summed E-state index contributed by atoms with van der Waals surface area (Å²) in [7, 11) is 0. The monoisotopic (exact) mass is 428 g/mol. The summed E-state index contributed by atoms with van der Waals surface area (Å²) in [4.78, 5) is 44.6. The molecule has 2 fully saturated rings. The Morgan fingerprint density at radius 2 is 2.04 bits per heavy atom. The number of carbonyl (C=O) groups excluding carboxylic acids is 4. The molecular weight excluding hydrogens is 411 g/mol. The van der Waals surface area contributed by atoms with Crippen LogP contribution in [-0.2, 0) is 23.9 Å². The first kappa shape index (κ1) is 25.4. The average molecular weight is 428 g/mol. The van der Waals surface area contributed by atoms with Gasteiger partial charge in [-0.3, -0.25) is 14.4 Å². The van der Waals surface area contributed by atoms with E-state index in [1.807, 2.05) is 0 Å². The molecule has 26 heavy (non-hydrogen) atoms. The molecule has 2 aliphatic heterocycles. The van der Waals surface area contributed by atoms with Gasteiger partial charge in [0.15, 0.2) is 0 Å². The van der Waals surface area contributed by atoms with Crippen LogP contribution in [0.5, 0.6) is 0 Å². The summed E-state index contributed by atoms with van der Waals surface area (Å²) in [5.41, 5.74) is 2.41. The average Bonchev–Trinajstić information content (AvgIpc) is 2.74. The molecule has 2 amide bonds. The second-order valence-corrected chi connectivity index (χ2v) is 7.99. The van der Waals surface area contributed by atoms with Gasteiger partial charge >= 0.3 is 29.6 Å². The Bertz CT molecular complexity index is 651. The first-order valence-corrected chi connectivity index (χ1v) is 8.77. The molecule has 0 spiro atoms. The van der Waals surface area contributed by atoms with Crippen molar-refractivity contribution in [1.82, 2.24) is 10.2 Å². The third kappa shape index (κ3) is 5.98. The van der Waals surface area contributed by atoms with Gasteiger partial charge in [-0.25, -0.2) is 0 Å². The van der Waals surface area contributed by atoms with Crippen molar-refractivity contribution in [3.05, 3.63) is 16.2 Å². The number of thioether (sulfide) groups is 1. The van der Waals surface area contributed by atoms with Crippen LogP contribution >= 0.6 is 37.0 Å². The van der Waals surface area contributed by atoms with Crippen molar-refractivity contribution in [2.75, 3.05) is 0 Å². The quantitative estimate of drug-likeness (QED) is 0.105. The normalized spacial score (nSPS) is 24.3. The Labute approximate surface area is 188 Å². The Morgan fingerprint density at radius 1 is 1.46 bits per heavy atom. The number of aliphatic carboxylic acids is 1. The minimum absolute atomic E-state index is 0. The number of rotatable bonds is 4. The number of carbonyl (C=O) groups is 4. The third-order valence-electron chi connectivity index (χ3n) is 3.37. The van der Waals surface area contributed by atoms with Gasteiger partial charge in [0.05, 0.1) is 12.0 Å². The van der Waals surface area contributed by atoms with E-state index in [4.69, 9.17) is 0 Å². The first-order chi connectivity index (χ1) is 11.6. The fourth-order valence-corrected chi connectivity index (χ4v) is 4.43. The van der Waals surface area contributed by atoms with Gasteiger partial charge in [0.1, 0.15) is 11.4 Å². The van der Waals surface area contributed by atoms with Crippen molar-refractivity contribution < 1.29 is 58.6 Å². The molecule has 138 valence electrons. The predicted molar refractivity (Wildman–Crippen MR) is 95.4 cm³/mol. The molecule has 0 aromatic carbocycles. The number of carboxylic acids is 1. The van der Waals surface area contributed by atoms with E-state index in [1.165, 1.54) is 29.0 Å². The zero-order valence-electron chi connectivity index (χ0n) is 14.6. The number of carboxylic acid groups (broad SMARTS) is 1. The van der Waals surface area contributed by atoms with Gasteiger partial charge in [0.2, 0.25) is 16.9 Å². The molecular formula is C14H17N2NaO6S3. The maximum absolute atomic E-state index is 11.8. The van der Waals surface area contributed by atoms with E-state index in [9.17, 15) is 24.3 Å². The molecule has 0 saturated carbocycles. The number of nitrogens with one attached hydrogen (secondary N) is 1. The van der Waals surface area contributed by atoms with E-state index >= 15 is 0 Å². The predicted octanol–water partition coefficient (Wildman–Crippen LogP) is -3.72. The summed E-state index contributed by atoms with van der Waals surface area (Å²) in [6.45, 7) is 5.12. The van der Waals surface area contributed by atoms with Gasteiger partial charge in [0, 0.05) is 17.1 Å². The van der Waals surface area contributed by atoms with Gasteiger partial charge < -0.3 is 24.9 Å². The molecule has 0 aromatic heterocycles. The SMILES string of the molecule is CC(=O)N[C@@H]1C(=O)N2C(C(=O)[O-])C(C)(C)S[C@@H]12.O=COC(S)=C=CS.[Na+]. The fourth-order valence-electron chi connectivity index (χ4n) is 2.48. The van der Waals surface area contributed by atoms with Crippen molar-refractivity contribution >= 4 is 61.3 Å². The minimum Gasteiger partial charge on any atom is -0.548 e. The Kier molecular flexibility index (Phi) is 10.5. The molecule has 2 heterocycles. The summed E-state index contributed by atoms with van der Waals surface area (Å²) in [6.07, 6.45) is 0. The summed E-state index contributed by atoms with van der Waals surface area (Å²) in [5, 5.41) is 14.7. The Morgan fingerprint density at radius 3 is 2.46 bits per heavy atom. The van der Waals surface area contributed by atoms with Crippen LogP contribution in [0.3, 0.4) is 0 Å². The summed E-state index contributed by atoms with van der Waals surface area (Å²) in [6, 6.07) is -1.55. The largest absolute Gasteiger partial charge is 1.00 e. The number of β-lactam (4-membered cyclic amide) rings is 1. The Hall–Kier alpha value is -0.550. The minimum atomic E-state index is -1.25. The molecule has 1 N–H and O–H groups in total. The summed E-state index contributed by atoms with van der Waals surface area (Å²) in [5.74, 6) is -1.89. The second-order valence-electron chi connectivity index (χ2n) is 5.55. The Balaban J connectivity index is 0.000000597. The first-order valence-electron chi connectivity index (χ1n) is 6.93. The van der Waals surface area contributed by atoms with Crippen molar-refractivity contribution in [1.29, 1.82) is 0 Å². The van der Waals surface area contributed by atoms with Crippen LogP contribution in [0.25, 0.3) is 0 Å². The van der Waals surface area contributed by atoms with Crippen molar-refractivity contribution in [2.24, 2.45) is 0 Å². The fraction of sp³-hybridized carbons (Fsp3) is 0.500. The van der Waals surface area contributed by atoms with Crippen LogP contribution in [0.4, 0.5) is 0 Å². The number of nitrogens with zero attached hydrogens (tertiary/aromatic N) is 1. The molecule has 0 bridgehead atoms. The van der Waals surface area contributed by atoms with Crippen molar-refractivity contribution in [3.8, 4) is 0 Å². The zero-order valence-corrected chi connectivity index (χ0v) is 19.2. The van der Waals surface area contributed by atoms with Crippen LogP contribution in [0, 0.1) is 0 Å². The molecule has 1 unspecified atom stereocenters. The second kappa shape index (κ2) is 10.7. The number of thiol groups is 2. The van der Waals surface area contributed by atoms with Crippen LogP contribution in [0.1, 0.15) is 20.8 Å². The van der Waals surface area contributed by atoms with Gasteiger partial charge in [-0.1, -0.05) is 18.4 Å². The van der Waals surface area contributed by atoms with Gasteiger partial charge in [-0.05, 0) is 13.8 Å². The van der Waals surface area contributed by atoms with E-state index in [0.29, 0.717) is 0 Å². The summed E-state index contributed by atoms with van der Waals surface area (Å²) >= 11 is 8.69. The van der Waals surface area contributed by atoms with Crippen LogP contribution < -0.4 is 40.0 Å². The molecule has 0 aromatic rings. The van der Waals surface area contributed by atoms with E-state index in [2.05, 4.69) is 41.0 Å². The number of fused-ring (bicyclic) bond motifs is 1. The standard InChI is InChI=1S/C10H14N2O4S.C4H4O2S2.Na/c1-4(13)11-5-7(14)12-6(9(15)16)10(2,3)17-8(5)12;5-3-6-4(8)1-2-7;/h5-6,8H,1-3H3,(H,11,13)(H,15,16);2-3,7-8H;/q;;+1/p-1/t5-,6?,8+;;/m1../s1. The van der Waals surface area contributed by atoms with Gasteiger partial charge in [-0.2, -0.15) is 0 Å². The topological polar surface area (TPSA) is 116 Å². The van der Waals surface area contributed by atoms with Crippen LogP contribution in [-0.4, -0.2) is 51.4 Å². The maximum Gasteiger partial charge on any atom is 1.00 e. The molecule has 8 nitrogen and oxygen atoms in total. The molecule has 12 heteroatoms. The van der Waals surface area contributed by atoms with Crippen LogP contribution in [0.15, 0.2) is 16.2 Å². The van der Waals surface area contributed by atoms with Gasteiger partial charge in [0.25, 0.3) is 6.47 Å². The maximum atomic E-state index is 11.8. The van der Waals surface area contributed by atoms with E-state index in [-0.39, 0.29) is 58.3 Å². The molecule has 3 atom stereocenters. The van der Waals surface area contributed by atoms with Crippen molar-refractivity contribution in [3.63, 3.8) is 0 Å². The van der Waals surface area contributed by atoms with Crippen molar-refractivity contribution in [2.45, 2.75) is 43.0 Å². The number of hydrogen-bond donors (Lipinski definition) is 3. The third-order valence-corrected chi connectivity index (χ3v) is 5.31. The van der Waals surface area contributed by atoms with E-state index < -0.39 is 22.8 Å². The van der Waals surface area contributed by atoms with E-state index in [1.54, 1.807) is 13.8 Å². The van der Waals surface area contributed by atoms with Gasteiger partial charge in [-0.15, -0.1) is 24.4 Å². The zero-order chi connectivity index (χ0) is 19.4. The number of ether oxygens (including phenoxy) is 1. The smallest absolute Gasteiger partial charge is 0.548 e. The molecule has 2 rings (SSSR count). The number of amides is 2. The number of hydrogen-bond acceptors (Lipinski definition) is 9. The molecule has 0 aliphatic carbocycles. The molecule has 0 radical (unpaired) electrons.